The summed E-state index contributed by atoms with van der Waals surface area (Å²) in [6.45, 7) is 5.45. The number of amides is 1. The second kappa shape index (κ2) is 12.7. The van der Waals surface area contributed by atoms with E-state index in [0.717, 1.165) is 23.5 Å². The van der Waals surface area contributed by atoms with Gasteiger partial charge in [0.2, 0.25) is 15.9 Å². The topological polar surface area (TPSA) is 103 Å². The standard InChI is InChI=1S/C29H38N4O5S/c1-21(2)16-25-18-23(31-33(25)24-8-6-5-7-9-24)20-30-29(34)17-22-12-14-32(15-13-22)39(35,36)26-10-11-27(37-3)28(19-26)38-4/h5-11,18-19,21-22H,12-17,20H2,1-4H3,(H,30,34). The number of ether oxygens (including phenoxy) is 2. The average molecular weight is 555 g/mol. The number of piperidine rings is 1. The zero-order chi connectivity index (χ0) is 28.0. The molecule has 1 aliphatic heterocycles. The fourth-order valence-corrected chi connectivity index (χ4v) is 6.41. The van der Waals surface area contributed by atoms with Crippen molar-refractivity contribution in [2.24, 2.45) is 11.8 Å². The van der Waals surface area contributed by atoms with E-state index >= 15 is 0 Å². The largest absolute Gasteiger partial charge is 0.493 e. The maximum atomic E-state index is 13.2. The Labute approximate surface area is 231 Å². The van der Waals surface area contributed by atoms with Gasteiger partial charge < -0.3 is 14.8 Å². The average Bonchev–Trinajstić information content (AvgIpc) is 3.34. The van der Waals surface area contributed by atoms with Gasteiger partial charge in [-0.2, -0.15) is 9.40 Å². The third kappa shape index (κ3) is 6.99. The number of benzene rings is 2. The lowest BCUT2D eigenvalue weighted by Gasteiger charge is -2.31. The molecule has 1 saturated heterocycles. The normalized spacial score (nSPS) is 14.9. The summed E-state index contributed by atoms with van der Waals surface area (Å²) in [5, 5.41) is 7.76. The molecule has 1 fully saturated rings. The summed E-state index contributed by atoms with van der Waals surface area (Å²) < 4.78 is 40.3. The lowest BCUT2D eigenvalue weighted by Crippen LogP contribution is -2.39. The van der Waals surface area contributed by atoms with Crippen LogP contribution in [0.3, 0.4) is 0 Å². The van der Waals surface area contributed by atoms with E-state index < -0.39 is 10.0 Å². The van der Waals surface area contributed by atoms with Gasteiger partial charge in [0.1, 0.15) is 0 Å². The number of carbonyl (C=O) groups excluding carboxylic acids is 1. The molecule has 4 rings (SSSR count). The van der Waals surface area contributed by atoms with Crippen LogP contribution in [0.2, 0.25) is 0 Å². The third-order valence-electron chi connectivity index (χ3n) is 6.96. The third-order valence-corrected chi connectivity index (χ3v) is 8.85. The van der Waals surface area contributed by atoms with Crippen molar-refractivity contribution in [2.45, 2.75) is 51.0 Å². The Morgan fingerprint density at radius 1 is 1.03 bits per heavy atom. The number of hydrogen-bond donors (Lipinski definition) is 1. The molecule has 2 aromatic carbocycles. The molecule has 3 aromatic rings. The molecule has 9 nitrogen and oxygen atoms in total. The lowest BCUT2D eigenvalue weighted by molar-refractivity contribution is -0.122. The Bertz CT molecular complexity index is 1360. The smallest absolute Gasteiger partial charge is 0.243 e. The molecule has 0 radical (unpaired) electrons. The molecule has 0 spiro atoms. The van der Waals surface area contributed by atoms with E-state index in [-0.39, 0.29) is 16.7 Å². The molecule has 0 saturated carbocycles. The maximum Gasteiger partial charge on any atom is 0.243 e. The van der Waals surface area contributed by atoms with Gasteiger partial charge in [0.05, 0.1) is 37.0 Å². The first-order valence-corrected chi connectivity index (χ1v) is 14.8. The fourth-order valence-electron chi connectivity index (χ4n) is 4.92. The first kappa shape index (κ1) is 28.6. The molecule has 2 heterocycles. The minimum Gasteiger partial charge on any atom is -0.493 e. The number of aromatic nitrogens is 2. The quantitative estimate of drug-likeness (QED) is 0.381. The Morgan fingerprint density at radius 2 is 1.72 bits per heavy atom. The molecule has 1 aliphatic rings. The summed E-state index contributed by atoms with van der Waals surface area (Å²) in [6, 6.07) is 16.7. The Morgan fingerprint density at radius 3 is 2.36 bits per heavy atom. The Balaban J connectivity index is 1.31. The van der Waals surface area contributed by atoms with E-state index in [1.165, 1.54) is 30.7 Å². The van der Waals surface area contributed by atoms with Crippen LogP contribution in [0.25, 0.3) is 5.69 Å². The van der Waals surface area contributed by atoms with Crippen molar-refractivity contribution in [3.8, 4) is 17.2 Å². The van der Waals surface area contributed by atoms with Gasteiger partial charge in [-0.3, -0.25) is 4.79 Å². The predicted octanol–water partition coefficient (Wildman–Crippen LogP) is 4.20. The zero-order valence-corrected chi connectivity index (χ0v) is 23.9. The van der Waals surface area contributed by atoms with Gasteiger partial charge in [-0.25, -0.2) is 13.1 Å². The minimum absolute atomic E-state index is 0.0455. The highest BCUT2D eigenvalue weighted by Gasteiger charge is 2.31. The van der Waals surface area contributed by atoms with E-state index in [1.54, 1.807) is 6.07 Å². The van der Waals surface area contributed by atoms with E-state index in [1.807, 2.05) is 35.0 Å². The van der Waals surface area contributed by atoms with Crippen molar-refractivity contribution in [1.29, 1.82) is 0 Å². The van der Waals surface area contributed by atoms with Crippen LogP contribution in [-0.4, -0.2) is 55.7 Å². The van der Waals surface area contributed by atoms with Crippen LogP contribution in [0, 0.1) is 11.8 Å². The molecular weight excluding hydrogens is 516 g/mol. The van der Waals surface area contributed by atoms with Gasteiger partial charge in [-0.05, 0) is 61.4 Å². The predicted molar refractivity (Wildman–Crippen MR) is 150 cm³/mol. The van der Waals surface area contributed by atoms with Crippen molar-refractivity contribution < 1.29 is 22.7 Å². The van der Waals surface area contributed by atoms with Crippen LogP contribution in [0.5, 0.6) is 11.5 Å². The molecule has 1 N–H and O–H groups in total. The molecule has 0 bridgehead atoms. The summed E-state index contributed by atoms with van der Waals surface area (Å²) in [4.78, 5) is 12.9. The van der Waals surface area contributed by atoms with Gasteiger partial charge in [0, 0.05) is 31.3 Å². The maximum absolute atomic E-state index is 13.2. The molecule has 0 unspecified atom stereocenters. The van der Waals surface area contributed by atoms with Crippen molar-refractivity contribution in [3.05, 3.63) is 66.0 Å². The molecule has 1 aromatic heterocycles. The Hall–Kier alpha value is -3.37. The van der Waals surface area contributed by atoms with E-state index in [9.17, 15) is 13.2 Å². The second-order valence-corrected chi connectivity index (χ2v) is 12.3. The van der Waals surface area contributed by atoms with Crippen LogP contribution < -0.4 is 14.8 Å². The zero-order valence-electron chi connectivity index (χ0n) is 23.1. The monoisotopic (exact) mass is 554 g/mol. The van der Waals surface area contributed by atoms with Crippen molar-refractivity contribution in [1.82, 2.24) is 19.4 Å². The molecular formula is C29H38N4O5S. The molecule has 0 aliphatic carbocycles. The van der Waals surface area contributed by atoms with E-state index in [2.05, 4.69) is 25.2 Å². The van der Waals surface area contributed by atoms with Gasteiger partial charge in [0.25, 0.3) is 0 Å². The summed E-state index contributed by atoms with van der Waals surface area (Å²) >= 11 is 0. The van der Waals surface area contributed by atoms with Crippen LogP contribution in [0.15, 0.2) is 59.5 Å². The first-order valence-electron chi connectivity index (χ1n) is 13.3. The van der Waals surface area contributed by atoms with Crippen molar-refractivity contribution >= 4 is 15.9 Å². The lowest BCUT2D eigenvalue weighted by atomic mass is 9.94. The molecule has 0 atom stereocenters. The number of para-hydroxylation sites is 1. The summed E-state index contributed by atoms with van der Waals surface area (Å²) in [6.07, 6.45) is 2.51. The molecule has 10 heteroatoms. The van der Waals surface area contributed by atoms with Crippen molar-refractivity contribution in [3.63, 3.8) is 0 Å². The highest BCUT2D eigenvalue weighted by atomic mass is 32.2. The summed E-state index contributed by atoms with van der Waals surface area (Å²) in [7, 11) is -0.680. The Kier molecular flexibility index (Phi) is 9.29. The molecule has 210 valence electrons. The van der Waals surface area contributed by atoms with E-state index in [0.29, 0.717) is 56.3 Å². The highest BCUT2D eigenvalue weighted by molar-refractivity contribution is 7.89. The number of hydrogen-bond acceptors (Lipinski definition) is 6. The second-order valence-electron chi connectivity index (χ2n) is 10.3. The number of methoxy groups -OCH3 is 2. The number of carbonyl (C=O) groups is 1. The highest BCUT2D eigenvalue weighted by Crippen LogP contribution is 2.32. The van der Waals surface area contributed by atoms with Crippen LogP contribution >= 0.6 is 0 Å². The minimum atomic E-state index is -3.66. The van der Waals surface area contributed by atoms with Gasteiger partial charge in [-0.15, -0.1) is 0 Å². The number of sulfonamides is 1. The molecule has 39 heavy (non-hydrogen) atoms. The number of nitrogens with zero attached hydrogens (tertiary/aromatic N) is 3. The SMILES string of the molecule is COc1ccc(S(=O)(=O)N2CCC(CC(=O)NCc3cc(CC(C)C)n(-c4ccccc4)n3)CC2)cc1OC. The van der Waals surface area contributed by atoms with Gasteiger partial charge >= 0.3 is 0 Å². The van der Waals surface area contributed by atoms with Crippen molar-refractivity contribution in [2.75, 3.05) is 27.3 Å². The number of nitrogens with one attached hydrogen (secondary N) is 1. The van der Waals surface area contributed by atoms with Crippen LogP contribution in [0.1, 0.15) is 44.5 Å². The van der Waals surface area contributed by atoms with Gasteiger partial charge in [0.15, 0.2) is 11.5 Å². The summed E-state index contributed by atoms with van der Waals surface area (Å²) in [5.41, 5.74) is 2.93. The fraction of sp³-hybridized carbons (Fsp3) is 0.448. The van der Waals surface area contributed by atoms with Crippen LogP contribution in [0.4, 0.5) is 0 Å². The summed E-state index contributed by atoms with van der Waals surface area (Å²) in [5.74, 6) is 1.41. The van der Waals surface area contributed by atoms with Crippen LogP contribution in [-0.2, 0) is 27.8 Å². The number of rotatable bonds is 11. The van der Waals surface area contributed by atoms with Gasteiger partial charge in [-0.1, -0.05) is 32.0 Å². The first-order chi connectivity index (χ1) is 18.7. The molecule has 1 amide bonds. The van der Waals surface area contributed by atoms with E-state index in [4.69, 9.17) is 14.6 Å².